The van der Waals surface area contributed by atoms with Gasteiger partial charge in [-0.1, -0.05) is 23.3 Å². The lowest BCUT2D eigenvalue weighted by Gasteiger charge is -2.03. The van der Waals surface area contributed by atoms with Crippen LogP contribution in [0, 0.1) is 15.9 Å². The van der Waals surface area contributed by atoms with Crippen LogP contribution in [0.3, 0.4) is 0 Å². The molecule has 0 amide bonds. The molecule has 0 unspecified atom stereocenters. The average molecular weight is 257 g/mol. The standard InChI is InChI=1S/C10H6F3N3O2/c11-6-4-2-1-3-5(6)7-8(9(12)13)14-15-10(7)16(17)18/h1-4,9H,(H,14,15). The number of benzene rings is 1. The van der Waals surface area contributed by atoms with Gasteiger partial charge in [0, 0.05) is 5.56 Å². The quantitative estimate of drug-likeness (QED) is 0.678. The van der Waals surface area contributed by atoms with Gasteiger partial charge in [0.05, 0.1) is 0 Å². The molecule has 1 N–H and O–H groups in total. The molecular weight excluding hydrogens is 251 g/mol. The van der Waals surface area contributed by atoms with Crippen LogP contribution < -0.4 is 0 Å². The number of H-pyrrole nitrogens is 1. The highest BCUT2D eigenvalue weighted by atomic mass is 19.3. The average Bonchev–Trinajstić information content (AvgIpc) is 2.74. The first kappa shape index (κ1) is 12.1. The summed E-state index contributed by atoms with van der Waals surface area (Å²) in [6, 6.07) is 4.96. The largest absolute Gasteiger partial charge is 0.358 e. The van der Waals surface area contributed by atoms with Gasteiger partial charge >= 0.3 is 5.82 Å². The van der Waals surface area contributed by atoms with Crippen molar-refractivity contribution >= 4 is 5.82 Å². The van der Waals surface area contributed by atoms with Gasteiger partial charge in [-0.15, -0.1) is 5.10 Å². The Morgan fingerprint density at radius 2 is 2.00 bits per heavy atom. The summed E-state index contributed by atoms with van der Waals surface area (Å²) >= 11 is 0. The van der Waals surface area contributed by atoms with Crippen LogP contribution >= 0.6 is 0 Å². The molecule has 0 fully saturated rings. The molecule has 0 aliphatic rings. The van der Waals surface area contributed by atoms with Crippen molar-refractivity contribution in [3.63, 3.8) is 0 Å². The smallest absolute Gasteiger partial charge is 0.351 e. The van der Waals surface area contributed by atoms with Crippen LogP contribution in [0.15, 0.2) is 24.3 Å². The van der Waals surface area contributed by atoms with Gasteiger partial charge in [-0.2, -0.15) is 0 Å². The summed E-state index contributed by atoms with van der Waals surface area (Å²) in [4.78, 5) is 9.79. The molecule has 0 saturated carbocycles. The van der Waals surface area contributed by atoms with E-state index in [1.54, 1.807) is 0 Å². The van der Waals surface area contributed by atoms with Crippen LogP contribution in [0.1, 0.15) is 12.1 Å². The number of rotatable bonds is 3. The highest BCUT2D eigenvalue weighted by Gasteiger charge is 2.30. The van der Waals surface area contributed by atoms with Crippen LogP contribution in [0.2, 0.25) is 0 Å². The first-order valence-corrected chi connectivity index (χ1v) is 4.78. The Balaban J connectivity index is 2.72. The molecule has 0 radical (unpaired) electrons. The monoisotopic (exact) mass is 257 g/mol. The van der Waals surface area contributed by atoms with E-state index in [1.807, 2.05) is 5.10 Å². The van der Waals surface area contributed by atoms with E-state index in [2.05, 4.69) is 5.10 Å². The second-order valence-corrected chi connectivity index (χ2v) is 3.37. The third-order valence-electron chi connectivity index (χ3n) is 2.31. The molecule has 1 heterocycles. The Bertz CT molecular complexity index is 598. The molecule has 0 bridgehead atoms. The van der Waals surface area contributed by atoms with Crippen molar-refractivity contribution in [2.45, 2.75) is 6.43 Å². The zero-order valence-electron chi connectivity index (χ0n) is 8.73. The summed E-state index contributed by atoms with van der Waals surface area (Å²) in [7, 11) is 0. The predicted molar refractivity (Wildman–Crippen MR) is 55.6 cm³/mol. The number of hydrogen-bond donors (Lipinski definition) is 1. The number of nitro groups is 1. The molecule has 0 spiro atoms. The number of nitrogens with one attached hydrogen (secondary N) is 1. The number of halogens is 3. The Kier molecular flexibility index (Phi) is 3.00. The fourth-order valence-corrected chi connectivity index (χ4v) is 1.57. The minimum Gasteiger partial charge on any atom is -0.358 e. The van der Waals surface area contributed by atoms with E-state index in [4.69, 9.17) is 0 Å². The molecule has 0 atom stereocenters. The van der Waals surface area contributed by atoms with Crippen molar-refractivity contribution < 1.29 is 18.1 Å². The second-order valence-electron chi connectivity index (χ2n) is 3.37. The third-order valence-corrected chi connectivity index (χ3v) is 2.31. The Hall–Kier alpha value is -2.38. The SMILES string of the molecule is O=[N+]([O-])c1[nH]nc(C(F)F)c1-c1ccccc1F. The lowest BCUT2D eigenvalue weighted by molar-refractivity contribution is -0.388. The van der Waals surface area contributed by atoms with Gasteiger partial charge in [-0.05, 0) is 11.0 Å². The topological polar surface area (TPSA) is 71.8 Å². The van der Waals surface area contributed by atoms with Gasteiger partial charge in [0.1, 0.15) is 11.4 Å². The van der Waals surface area contributed by atoms with Crippen molar-refractivity contribution in [1.82, 2.24) is 10.2 Å². The highest BCUT2D eigenvalue weighted by molar-refractivity contribution is 5.74. The maximum atomic E-state index is 13.5. The number of nitrogens with zero attached hydrogens (tertiary/aromatic N) is 2. The first-order chi connectivity index (χ1) is 8.52. The molecule has 8 heteroatoms. The van der Waals surface area contributed by atoms with E-state index >= 15 is 0 Å². The van der Waals surface area contributed by atoms with Gasteiger partial charge < -0.3 is 10.1 Å². The molecule has 5 nitrogen and oxygen atoms in total. The second kappa shape index (κ2) is 4.47. The van der Waals surface area contributed by atoms with Crippen molar-refractivity contribution in [2.24, 2.45) is 0 Å². The summed E-state index contributed by atoms with van der Waals surface area (Å²) in [6.45, 7) is 0. The third kappa shape index (κ3) is 1.92. The van der Waals surface area contributed by atoms with E-state index in [0.29, 0.717) is 0 Å². The summed E-state index contributed by atoms with van der Waals surface area (Å²) < 4.78 is 38.9. The van der Waals surface area contributed by atoms with Crippen LogP contribution in [-0.2, 0) is 0 Å². The predicted octanol–water partition coefficient (Wildman–Crippen LogP) is 3.06. The van der Waals surface area contributed by atoms with Gasteiger partial charge in [0.25, 0.3) is 6.43 Å². The molecule has 0 aliphatic carbocycles. The van der Waals surface area contributed by atoms with Gasteiger partial charge in [-0.3, -0.25) is 0 Å². The molecule has 1 aromatic carbocycles. The van der Waals surface area contributed by atoms with Gasteiger partial charge in [-0.25, -0.2) is 13.2 Å². The molecule has 1 aromatic heterocycles. The van der Waals surface area contributed by atoms with Crippen molar-refractivity contribution in [3.05, 3.63) is 45.9 Å². The molecule has 2 rings (SSSR count). The van der Waals surface area contributed by atoms with Crippen molar-refractivity contribution in [2.75, 3.05) is 0 Å². The van der Waals surface area contributed by atoms with E-state index in [1.165, 1.54) is 18.2 Å². The Labute approximate surface area is 98.4 Å². The summed E-state index contributed by atoms with van der Waals surface area (Å²) in [5, 5.41) is 15.8. The van der Waals surface area contributed by atoms with Crippen LogP contribution in [0.5, 0.6) is 0 Å². The Morgan fingerprint density at radius 3 is 2.56 bits per heavy atom. The van der Waals surface area contributed by atoms with Crippen LogP contribution in [-0.4, -0.2) is 15.1 Å². The van der Waals surface area contributed by atoms with Gasteiger partial charge in [0.2, 0.25) is 0 Å². The van der Waals surface area contributed by atoms with E-state index < -0.39 is 34.2 Å². The minimum atomic E-state index is -3.04. The number of hydrogen-bond acceptors (Lipinski definition) is 3. The first-order valence-electron chi connectivity index (χ1n) is 4.78. The molecular formula is C10H6F3N3O2. The molecule has 0 aliphatic heterocycles. The molecule has 2 aromatic rings. The zero-order chi connectivity index (χ0) is 13.3. The normalized spacial score (nSPS) is 10.9. The number of aromatic nitrogens is 2. The molecule has 94 valence electrons. The van der Waals surface area contributed by atoms with Crippen LogP contribution in [0.4, 0.5) is 19.0 Å². The maximum Gasteiger partial charge on any atom is 0.351 e. The summed E-state index contributed by atoms with van der Waals surface area (Å²) in [6.07, 6.45) is -3.04. The van der Waals surface area contributed by atoms with E-state index in [9.17, 15) is 23.3 Å². The van der Waals surface area contributed by atoms with E-state index in [-0.39, 0.29) is 5.56 Å². The summed E-state index contributed by atoms with van der Waals surface area (Å²) in [5.41, 5.74) is -1.65. The van der Waals surface area contributed by atoms with E-state index in [0.717, 1.165) is 6.07 Å². The van der Waals surface area contributed by atoms with Gasteiger partial charge in [0.15, 0.2) is 5.69 Å². The summed E-state index contributed by atoms with van der Waals surface area (Å²) in [5.74, 6) is -1.58. The molecule has 0 saturated heterocycles. The number of alkyl halides is 2. The maximum absolute atomic E-state index is 13.5. The fraction of sp³-hybridized carbons (Fsp3) is 0.100. The Morgan fingerprint density at radius 1 is 1.33 bits per heavy atom. The molecule has 18 heavy (non-hydrogen) atoms. The minimum absolute atomic E-state index is 0.284. The van der Waals surface area contributed by atoms with Crippen molar-refractivity contribution in [1.29, 1.82) is 0 Å². The number of aromatic amines is 1. The lowest BCUT2D eigenvalue weighted by Crippen LogP contribution is -1.94. The van der Waals surface area contributed by atoms with Crippen molar-refractivity contribution in [3.8, 4) is 11.1 Å². The highest BCUT2D eigenvalue weighted by Crippen LogP contribution is 2.37. The zero-order valence-corrected chi connectivity index (χ0v) is 8.73. The van der Waals surface area contributed by atoms with Crippen LogP contribution in [0.25, 0.3) is 11.1 Å². The fourth-order valence-electron chi connectivity index (χ4n) is 1.57. The lowest BCUT2D eigenvalue weighted by atomic mass is 10.0.